The second-order valence-corrected chi connectivity index (χ2v) is 5.90. The first kappa shape index (κ1) is 14.2. The fourth-order valence-electron chi connectivity index (χ4n) is 3.11. The maximum absolute atomic E-state index is 9.91. The summed E-state index contributed by atoms with van der Waals surface area (Å²) in [5, 5.41) is 9.91. The highest BCUT2D eigenvalue weighted by molar-refractivity contribution is 5.68. The second kappa shape index (κ2) is 5.90. The predicted molar refractivity (Wildman–Crippen MR) is 88.2 cm³/mol. The van der Waals surface area contributed by atoms with Crippen molar-refractivity contribution in [1.29, 1.82) is 0 Å². The highest BCUT2D eigenvalue weighted by Crippen LogP contribution is 2.34. The summed E-state index contributed by atoms with van der Waals surface area (Å²) < 4.78 is 0. The van der Waals surface area contributed by atoms with Crippen molar-refractivity contribution in [2.75, 3.05) is 11.4 Å². The lowest BCUT2D eigenvalue weighted by atomic mass is 9.98. The summed E-state index contributed by atoms with van der Waals surface area (Å²) in [4.78, 5) is 2.39. The van der Waals surface area contributed by atoms with Crippen LogP contribution < -0.4 is 4.90 Å². The van der Waals surface area contributed by atoms with E-state index in [0.717, 1.165) is 18.5 Å². The van der Waals surface area contributed by atoms with Gasteiger partial charge in [-0.3, -0.25) is 0 Å². The minimum atomic E-state index is -0.352. The van der Waals surface area contributed by atoms with Crippen LogP contribution in [0.2, 0.25) is 0 Å². The van der Waals surface area contributed by atoms with Gasteiger partial charge >= 0.3 is 0 Å². The Balaban J connectivity index is 1.92. The first-order valence-corrected chi connectivity index (χ1v) is 7.84. The maximum Gasteiger partial charge on any atom is 0.0787 e. The molecule has 110 valence electrons. The molecule has 0 spiro atoms. The summed E-state index contributed by atoms with van der Waals surface area (Å²) in [6.07, 6.45) is 2.76. The number of hydrogen-bond acceptors (Lipinski definition) is 2. The first-order chi connectivity index (χ1) is 10.2. The maximum atomic E-state index is 9.91. The molecule has 0 aromatic heterocycles. The fourth-order valence-corrected chi connectivity index (χ4v) is 3.11. The predicted octanol–water partition coefficient (Wildman–Crippen LogP) is 4.52. The normalized spacial score (nSPS) is 15.7. The number of aliphatic hydroxyl groups excluding tert-OH is 1. The van der Waals surface area contributed by atoms with Crippen molar-refractivity contribution in [1.82, 2.24) is 0 Å². The van der Waals surface area contributed by atoms with Gasteiger partial charge in [0.2, 0.25) is 0 Å². The number of nitrogens with zero attached hydrogens (tertiary/aromatic N) is 1. The summed E-state index contributed by atoms with van der Waals surface area (Å²) in [5.74, 6) is 0. The molecule has 2 aromatic carbocycles. The summed E-state index contributed by atoms with van der Waals surface area (Å²) in [6, 6.07) is 15.1. The van der Waals surface area contributed by atoms with Gasteiger partial charge in [-0.15, -0.1) is 0 Å². The van der Waals surface area contributed by atoms with Gasteiger partial charge in [-0.1, -0.05) is 36.8 Å². The standard InChI is InChI=1S/C19H23NO/c1-3-19(21)15-7-9-17(10-8-15)20-12-4-5-16-13-14(2)6-11-18(16)20/h6-11,13,19,21H,3-5,12H2,1-2H3/t19-/m0/s1. The Hall–Kier alpha value is -1.80. The minimum absolute atomic E-state index is 0.352. The van der Waals surface area contributed by atoms with Gasteiger partial charge in [-0.25, -0.2) is 0 Å². The van der Waals surface area contributed by atoms with E-state index < -0.39 is 0 Å². The van der Waals surface area contributed by atoms with Crippen molar-refractivity contribution < 1.29 is 5.11 Å². The van der Waals surface area contributed by atoms with E-state index >= 15 is 0 Å². The Kier molecular flexibility index (Phi) is 3.98. The third-order valence-electron chi connectivity index (χ3n) is 4.33. The zero-order valence-corrected chi connectivity index (χ0v) is 12.8. The van der Waals surface area contributed by atoms with Crippen LogP contribution in [0.5, 0.6) is 0 Å². The van der Waals surface area contributed by atoms with Crippen LogP contribution in [0.4, 0.5) is 11.4 Å². The number of aliphatic hydroxyl groups is 1. The Labute approximate surface area is 127 Å². The van der Waals surface area contributed by atoms with Crippen LogP contribution in [0.25, 0.3) is 0 Å². The lowest BCUT2D eigenvalue weighted by Gasteiger charge is -2.32. The van der Waals surface area contributed by atoms with E-state index in [4.69, 9.17) is 0 Å². The van der Waals surface area contributed by atoms with Gasteiger partial charge in [-0.05, 0) is 55.5 Å². The number of rotatable bonds is 3. The van der Waals surface area contributed by atoms with E-state index in [1.54, 1.807) is 0 Å². The zero-order chi connectivity index (χ0) is 14.8. The molecule has 0 amide bonds. The smallest absolute Gasteiger partial charge is 0.0787 e. The van der Waals surface area contributed by atoms with Crippen molar-refractivity contribution in [2.24, 2.45) is 0 Å². The SMILES string of the molecule is CC[C@H](O)c1ccc(N2CCCc3cc(C)ccc32)cc1. The van der Waals surface area contributed by atoms with Gasteiger partial charge in [0, 0.05) is 17.9 Å². The molecule has 2 nitrogen and oxygen atoms in total. The molecule has 0 aliphatic carbocycles. The topological polar surface area (TPSA) is 23.5 Å². The van der Waals surface area contributed by atoms with Gasteiger partial charge < -0.3 is 10.0 Å². The second-order valence-electron chi connectivity index (χ2n) is 5.90. The average molecular weight is 281 g/mol. The Morgan fingerprint density at radius 2 is 1.90 bits per heavy atom. The van der Waals surface area contributed by atoms with Crippen LogP contribution in [0.3, 0.4) is 0 Å². The Morgan fingerprint density at radius 3 is 2.62 bits per heavy atom. The monoisotopic (exact) mass is 281 g/mol. The van der Waals surface area contributed by atoms with E-state index in [1.165, 1.54) is 35.3 Å². The van der Waals surface area contributed by atoms with Crippen molar-refractivity contribution in [3.63, 3.8) is 0 Å². The summed E-state index contributed by atoms with van der Waals surface area (Å²) in [7, 11) is 0. The molecule has 1 aliphatic rings. The van der Waals surface area contributed by atoms with E-state index in [-0.39, 0.29) is 6.10 Å². The van der Waals surface area contributed by atoms with Crippen LogP contribution >= 0.6 is 0 Å². The molecule has 21 heavy (non-hydrogen) atoms. The van der Waals surface area contributed by atoms with Crippen LogP contribution in [0.1, 0.15) is 42.6 Å². The molecule has 1 aliphatic heterocycles. The summed E-state index contributed by atoms with van der Waals surface area (Å²) in [5.41, 5.74) is 6.32. The molecule has 1 heterocycles. The van der Waals surface area contributed by atoms with Crippen molar-refractivity contribution >= 4 is 11.4 Å². The van der Waals surface area contributed by atoms with Crippen molar-refractivity contribution in [2.45, 2.75) is 39.2 Å². The largest absolute Gasteiger partial charge is 0.388 e. The Bertz CT molecular complexity index is 618. The molecule has 0 unspecified atom stereocenters. The fraction of sp³-hybridized carbons (Fsp3) is 0.368. The van der Waals surface area contributed by atoms with Crippen molar-refractivity contribution in [3.8, 4) is 0 Å². The number of anilines is 2. The van der Waals surface area contributed by atoms with E-state index in [9.17, 15) is 5.11 Å². The summed E-state index contributed by atoms with van der Waals surface area (Å²) >= 11 is 0. The van der Waals surface area contributed by atoms with Crippen LogP contribution in [-0.2, 0) is 6.42 Å². The van der Waals surface area contributed by atoms with Crippen LogP contribution in [-0.4, -0.2) is 11.7 Å². The van der Waals surface area contributed by atoms with E-state index in [2.05, 4.69) is 42.2 Å². The summed E-state index contributed by atoms with van der Waals surface area (Å²) in [6.45, 7) is 5.22. The van der Waals surface area contributed by atoms with Crippen molar-refractivity contribution in [3.05, 3.63) is 59.2 Å². The average Bonchev–Trinajstić information content (AvgIpc) is 2.53. The Morgan fingerprint density at radius 1 is 1.14 bits per heavy atom. The van der Waals surface area contributed by atoms with Gasteiger partial charge in [0.05, 0.1) is 6.10 Å². The molecule has 0 fully saturated rings. The van der Waals surface area contributed by atoms with Crippen LogP contribution in [0, 0.1) is 6.92 Å². The number of benzene rings is 2. The van der Waals surface area contributed by atoms with Crippen LogP contribution in [0.15, 0.2) is 42.5 Å². The molecular weight excluding hydrogens is 258 g/mol. The quantitative estimate of drug-likeness (QED) is 0.894. The molecule has 0 bridgehead atoms. The highest BCUT2D eigenvalue weighted by Gasteiger charge is 2.18. The third kappa shape index (κ3) is 2.81. The van der Waals surface area contributed by atoms with Gasteiger partial charge in [0.1, 0.15) is 0 Å². The van der Waals surface area contributed by atoms with Gasteiger partial charge in [0.25, 0.3) is 0 Å². The van der Waals surface area contributed by atoms with Gasteiger partial charge in [-0.2, -0.15) is 0 Å². The molecule has 0 saturated heterocycles. The number of hydrogen-bond donors (Lipinski definition) is 1. The van der Waals surface area contributed by atoms with E-state index in [1.807, 2.05) is 19.1 Å². The van der Waals surface area contributed by atoms with Gasteiger partial charge in [0.15, 0.2) is 0 Å². The molecule has 3 rings (SSSR count). The zero-order valence-electron chi connectivity index (χ0n) is 12.8. The lowest BCUT2D eigenvalue weighted by Crippen LogP contribution is -2.24. The molecular formula is C19H23NO. The molecule has 0 saturated carbocycles. The molecule has 0 radical (unpaired) electrons. The minimum Gasteiger partial charge on any atom is -0.388 e. The third-order valence-corrected chi connectivity index (χ3v) is 4.33. The highest BCUT2D eigenvalue weighted by atomic mass is 16.3. The molecule has 2 aromatic rings. The molecule has 1 atom stereocenters. The first-order valence-electron chi connectivity index (χ1n) is 7.84. The lowest BCUT2D eigenvalue weighted by molar-refractivity contribution is 0.173. The number of fused-ring (bicyclic) bond motifs is 1. The molecule has 2 heteroatoms. The molecule has 1 N–H and O–H groups in total. The van der Waals surface area contributed by atoms with E-state index in [0.29, 0.717) is 0 Å². The number of aryl methyl sites for hydroxylation is 2.